The molecule has 1 N–H and O–H groups in total. The van der Waals surface area contributed by atoms with Crippen molar-refractivity contribution >= 4 is 42.1 Å². The molecule has 6 rings (SSSR count). The number of carbonyl (C=O) groups is 1. The van der Waals surface area contributed by atoms with Crippen LogP contribution in [-0.4, -0.2) is 43.6 Å². The molecule has 0 spiro atoms. The van der Waals surface area contributed by atoms with Crippen molar-refractivity contribution in [3.63, 3.8) is 0 Å². The summed E-state index contributed by atoms with van der Waals surface area (Å²) in [5.41, 5.74) is 3.61. The predicted octanol–water partition coefficient (Wildman–Crippen LogP) is 6.30. The van der Waals surface area contributed by atoms with E-state index in [9.17, 15) is 19.6 Å². The van der Waals surface area contributed by atoms with Crippen molar-refractivity contribution < 1.29 is 19.0 Å². The van der Waals surface area contributed by atoms with Crippen LogP contribution < -0.4 is 4.74 Å². The van der Waals surface area contributed by atoms with Crippen molar-refractivity contribution in [2.75, 3.05) is 13.1 Å². The van der Waals surface area contributed by atoms with Crippen LogP contribution in [0.2, 0.25) is 5.02 Å². The molecule has 3 heterocycles. The van der Waals surface area contributed by atoms with E-state index in [1.54, 1.807) is 30.5 Å². The Labute approximate surface area is 255 Å². The zero-order valence-electron chi connectivity index (χ0n) is 22.9. The molecule has 8 nitrogen and oxygen atoms in total. The van der Waals surface area contributed by atoms with E-state index in [-0.39, 0.29) is 36.8 Å². The number of likely N-dealkylation sites (tertiary alicyclic amines) is 1. The lowest BCUT2D eigenvalue weighted by Crippen LogP contribution is -2.24. The highest BCUT2D eigenvalue weighted by Gasteiger charge is 2.43. The first-order chi connectivity index (χ1) is 19.8. The molecule has 1 aliphatic carbocycles. The number of hydrogen-bond donors (Lipinski definition) is 1. The van der Waals surface area contributed by atoms with Crippen molar-refractivity contribution in [3.8, 4) is 11.8 Å². The maximum absolute atomic E-state index is 14.1. The molecule has 0 unspecified atom stereocenters. The third-order valence-corrected chi connectivity index (χ3v) is 8.43. The monoisotopic (exact) mass is 607 g/mol. The summed E-state index contributed by atoms with van der Waals surface area (Å²) in [6.45, 7) is 3.17. The highest BCUT2D eigenvalue weighted by atomic mass is 35.5. The van der Waals surface area contributed by atoms with Gasteiger partial charge < -0.3 is 14.4 Å². The molecular formula is C31H31ClFN5O3S. The van der Waals surface area contributed by atoms with Crippen molar-refractivity contribution in [2.45, 2.75) is 51.3 Å². The molecule has 1 saturated carbocycles. The molecular weight excluding hydrogens is 577 g/mol. The Kier molecular flexibility index (Phi) is 8.73. The number of fused-ring (bicyclic) bond motifs is 1. The molecule has 2 aromatic carbocycles. The summed E-state index contributed by atoms with van der Waals surface area (Å²) in [7, 11) is 0. The first kappa shape index (κ1) is 29.8. The summed E-state index contributed by atoms with van der Waals surface area (Å²) in [6, 6.07) is 15.7. The predicted molar refractivity (Wildman–Crippen MR) is 162 cm³/mol. The number of halogens is 2. The molecule has 218 valence electrons. The van der Waals surface area contributed by atoms with Gasteiger partial charge in [0.2, 0.25) is 0 Å². The Bertz CT molecular complexity index is 1670. The number of nitriles is 1. The lowest BCUT2D eigenvalue weighted by Gasteiger charge is -2.20. The van der Waals surface area contributed by atoms with Gasteiger partial charge >= 0.3 is 5.97 Å². The number of rotatable bonds is 10. The third-order valence-electron chi connectivity index (χ3n) is 8.20. The number of carboxylic acid groups (broad SMARTS) is 1. The van der Waals surface area contributed by atoms with Crippen molar-refractivity contribution in [1.82, 2.24) is 19.4 Å². The summed E-state index contributed by atoms with van der Waals surface area (Å²) in [4.78, 5) is 23.3. The first-order valence-electron chi connectivity index (χ1n) is 13.7. The van der Waals surface area contributed by atoms with Crippen LogP contribution in [0.1, 0.15) is 59.0 Å². The van der Waals surface area contributed by atoms with E-state index in [0.717, 1.165) is 60.5 Å². The minimum absolute atomic E-state index is 0. The molecule has 2 fully saturated rings. The summed E-state index contributed by atoms with van der Waals surface area (Å²) in [5, 5.41) is 19.2. The number of aromatic nitrogens is 3. The maximum atomic E-state index is 14.1. The van der Waals surface area contributed by atoms with Gasteiger partial charge in [0.15, 0.2) is 11.6 Å². The van der Waals surface area contributed by atoms with Crippen LogP contribution in [0.3, 0.4) is 0 Å². The fourth-order valence-electron chi connectivity index (χ4n) is 5.70. The van der Waals surface area contributed by atoms with Crippen LogP contribution in [0, 0.1) is 22.6 Å². The average Bonchev–Trinajstić information content (AvgIpc) is 3.40. The van der Waals surface area contributed by atoms with E-state index in [1.165, 1.54) is 12.1 Å². The van der Waals surface area contributed by atoms with Crippen molar-refractivity contribution in [1.29, 1.82) is 5.26 Å². The van der Waals surface area contributed by atoms with Crippen LogP contribution in [0.25, 0.3) is 11.0 Å². The van der Waals surface area contributed by atoms with Crippen molar-refractivity contribution in [3.05, 3.63) is 88.2 Å². The average molecular weight is 608 g/mol. The Morgan fingerprint density at radius 1 is 1.21 bits per heavy atom. The standard InChI is InChI=1S/C31H29ClFN5O3.H2S/c32-23-2-4-28(25(33)15-23)41-18-24-13-20(5-11-35-24)22-6-12-37(16-22)17-29-36-26-3-1-21(30(39)40)14-27(26)38(29)19-31(7-8-31)9-10-34;/h1-5,11,13-15,22H,6-9,12,16-19H2,(H,39,40);1H2/t22-;/m1./s1. The van der Waals surface area contributed by atoms with Crippen LogP contribution >= 0.6 is 25.1 Å². The second-order valence-corrected chi connectivity index (χ2v) is 11.6. The number of imidazole rings is 1. The molecule has 1 saturated heterocycles. The van der Waals surface area contributed by atoms with Gasteiger partial charge in [0, 0.05) is 36.1 Å². The van der Waals surface area contributed by atoms with E-state index in [2.05, 4.69) is 20.5 Å². The molecule has 2 aromatic heterocycles. The fraction of sp³-hybridized carbons (Fsp3) is 0.355. The largest absolute Gasteiger partial charge is 0.484 e. The molecule has 42 heavy (non-hydrogen) atoms. The molecule has 1 atom stereocenters. The maximum Gasteiger partial charge on any atom is 0.335 e. The Morgan fingerprint density at radius 3 is 2.79 bits per heavy atom. The lowest BCUT2D eigenvalue weighted by atomic mass is 9.99. The molecule has 0 amide bonds. The normalized spacial score (nSPS) is 17.5. The van der Waals surface area contributed by atoms with E-state index in [4.69, 9.17) is 21.3 Å². The van der Waals surface area contributed by atoms with Crippen LogP contribution in [-0.2, 0) is 19.7 Å². The molecule has 4 aromatic rings. The molecule has 11 heteroatoms. The zero-order valence-corrected chi connectivity index (χ0v) is 24.6. The highest BCUT2D eigenvalue weighted by molar-refractivity contribution is 7.59. The van der Waals surface area contributed by atoms with Gasteiger partial charge in [-0.05, 0) is 85.8 Å². The second kappa shape index (κ2) is 12.3. The Hall–Kier alpha value is -3.65. The van der Waals surface area contributed by atoms with Gasteiger partial charge in [-0.1, -0.05) is 11.6 Å². The number of benzene rings is 2. The van der Waals surface area contributed by atoms with E-state index < -0.39 is 11.8 Å². The summed E-state index contributed by atoms with van der Waals surface area (Å²) in [5.74, 6) is -0.155. The van der Waals surface area contributed by atoms with E-state index in [0.29, 0.717) is 30.5 Å². The topological polar surface area (TPSA) is 104 Å². The molecule has 0 bridgehead atoms. The van der Waals surface area contributed by atoms with Gasteiger partial charge in [-0.25, -0.2) is 14.2 Å². The van der Waals surface area contributed by atoms with Gasteiger partial charge in [-0.3, -0.25) is 9.88 Å². The van der Waals surface area contributed by atoms with E-state index >= 15 is 0 Å². The number of pyridine rings is 1. The highest BCUT2D eigenvalue weighted by Crippen LogP contribution is 2.50. The molecule has 1 aliphatic heterocycles. The van der Waals surface area contributed by atoms with Crippen LogP contribution in [0.15, 0.2) is 54.7 Å². The molecule has 0 radical (unpaired) electrons. The smallest absolute Gasteiger partial charge is 0.335 e. The SMILES string of the molecule is N#CCC1(Cn2c(CN3CC[C@@H](c4ccnc(COc5ccc(Cl)cc5F)c4)C3)nc3ccc(C(=O)O)cc32)CC1.S. The minimum atomic E-state index is -0.970. The van der Waals surface area contributed by atoms with Gasteiger partial charge in [-0.2, -0.15) is 18.8 Å². The third kappa shape index (κ3) is 6.38. The quantitative estimate of drug-likeness (QED) is 0.226. The van der Waals surface area contributed by atoms with Gasteiger partial charge in [0.25, 0.3) is 0 Å². The number of ether oxygens (including phenoxy) is 1. The van der Waals surface area contributed by atoms with Gasteiger partial charge in [0.05, 0.1) is 34.9 Å². The van der Waals surface area contributed by atoms with Crippen molar-refractivity contribution in [2.24, 2.45) is 5.41 Å². The second-order valence-electron chi connectivity index (χ2n) is 11.1. The number of carboxylic acids is 1. The summed E-state index contributed by atoms with van der Waals surface area (Å²) in [6.07, 6.45) is 5.19. The number of nitrogens with zero attached hydrogens (tertiary/aromatic N) is 5. The van der Waals surface area contributed by atoms with Crippen LogP contribution in [0.5, 0.6) is 5.75 Å². The fourth-order valence-corrected chi connectivity index (χ4v) is 5.85. The Balaban J connectivity index is 0.00000353. The first-order valence-corrected chi connectivity index (χ1v) is 14.0. The zero-order chi connectivity index (χ0) is 28.6. The summed E-state index contributed by atoms with van der Waals surface area (Å²) < 4.78 is 21.9. The van der Waals surface area contributed by atoms with Crippen LogP contribution in [0.4, 0.5) is 4.39 Å². The summed E-state index contributed by atoms with van der Waals surface area (Å²) >= 11 is 5.83. The minimum Gasteiger partial charge on any atom is -0.484 e. The van der Waals surface area contributed by atoms with Gasteiger partial charge in [-0.15, -0.1) is 0 Å². The molecule has 2 aliphatic rings. The number of aromatic carboxylic acids is 1. The number of hydrogen-bond acceptors (Lipinski definition) is 6. The van der Waals surface area contributed by atoms with Gasteiger partial charge in [0.1, 0.15) is 12.4 Å². The van der Waals surface area contributed by atoms with E-state index in [1.807, 2.05) is 12.1 Å². The lowest BCUT2D eigenvalue weighted by molar-refractivity contribution is 0.0697. The Morgan fingerprint density at radius 2 is 2.05 bits per heavy atom.